The zero-order valence-electron chi connectivity index (χ0n) is 10.2. The minimum absolute atomic E-state index is 0.283. The fraction of sp³-hybridized carbons (Fsp3) is 0.538. The summed E-state index contributed by atoms with van der Waals surface area (Å²) in [4.78, 5) is 2.24. The van der Waals surface area contributed by atoms with Crippen LogP contribution in [0.1, 0.15) is 19.4 Å². The maximum Gasteiger partial charge on any atom is 0.124 e. The molecule has 1 aliphatic rings. The molecule has 88 valence electrons. The van der Waals surface area contributed by atoms with Gasteiger partial charge in [-0.05, 0) is 38.6 Å². The van der Waals surface area contributed by atoms with Gasteiger partial charge in [0.2, 0.25) is 0 Å². The quantitative estimate of drug-likeness (QED) is 0.840. The maximum atomic E-state index is 6.02. The van der Waals surface area contributed by atoms with Crippen LogP contribution in [0.15, 0.2) is 24.3 Å². The Morgan fingerprint density at radius 2 is 1.81 bits per heavy atom. The molecule has 1 heterocycles. The van der Waals surface area contributed by atoms with E-state index in [1.165, 1.54) is 0 Å². The molecule has 0 atom stereocenters. The number of likely N-dealkylation sites (tertiary alicyclic amines) is 1. The van der Waals surface area contributed by atoms with Crippen molar-refractivity contribution in [3.05, 3.63) is 29.8 Å². The lowest BCUT2D eigenvalue weighted by atomic mass is 9.96. The molecule has 1 aliphatic heterocycles. The highest BCUT2D eigenvalue weighted by Crippen LogP contribution is 2.22. The van der Waals surface area contributed by atoms with Gasteiger partial charge in [-0.3, -0.25) is 4.90 Å². The van der Waals surface area contributed by atoms with Crippen LogP contribution in [0, 0.1) is 0 Å². The molecule has 3 nitrogen and oxygen atoms in total. The molecule has 3 heteroatoms. The highest BCUT2D eigenvalue weighted by molar-refractivity contribution is 5.31. The Balaban J connectivity index is 1.97. The third-order valence-corrected chi connectivity index (χ3v) is 2.93. The van der Waals surface area contributed by atoms with Crippen molar-refractivity contribution in [1.82, 2.24) is 4.90 Å². The fourth-order valence-corrected chi connectivity index (χ4v) is 1.87. The predicted octanol–water partition coefficient (Wildman–Crippen LogP) is 1.57. The van der Waals surface area contributed by atoms with Crippen molar-refractivity contribution in [3.63, 3.8) is 0 Å². The molecule has 1 aromatic rings. The van der Waals surface area contributed by atoms with Gasteiger partial charge in [-0.2, -0.15) is 0 Å². The standard InChI is InChI=1S/C13H20N2O/c1-13(2,14)10-4-6-11(7-5-10)16-12-8-15(3)9-12/h4-7,12H,8-9,14H2,1-3H3. The summed E-state index contributed by atoms with van der Waals surface area (Å²) in [6.07, 6.45) is 0.349. The summed E-state index contributed by atoms with van der Waals surface area (Å²) >= 11 is 0. The van der Waals surface area contributed by atoms with Gasteiger partial charge in [-0.15, -0.1) is 0 Å². The van der Waals surface area contributed by atoms with E-state index in [4.69, 9.17) is 10.5 Å². The number of likely N-dealkylation sites (N-methyl/N-ethyl adjacent to an activating group) is 1. The van der Waals surface area contributed by atoms with Gasteiger partial charge in [0, 0.05) is 18.6 Å². The zero-order chi connectivity index (χ0) is 11.8. The van der Waals surface area contributed by atoms with E-state index < -0.39 is 0 Å². The Morgan fingerprint density at radius 3 is 2.25 bits per heavy atom. The summed E-state index contributed by atoms with van der Waals surface area (Å²) in [5.41, 5.74) is 6.86. The summed E-state index contributed by atoms with van der Waals surface area (Å²) in [5, 5.41) is 0. The van der Waals surface area contributed by atoms with Crippen LogP contribution in [-0.4, -0.2) is 31.1 Å². The van der Waals surface area contributed by atoms with Gasteiger partial charge in [-0.1, -0.05) is 12.1 Å². The largest absolute Gasteiger partial charge is 0.488 e. The minimum Gasteiger partial charge on any atom is -0.488 e. The number of nitrogens with zero attached hydrogens (tertiary/aromatic N) is 1. The first-order chi connectivity index (χ1) is 7.45. The molecule has 0 amide bonds. The fourth-order valence-electron chi connectivity index (χ4n) is 1.87. The number of hydrogen-bond acceptors (Lipinski definition) is 3. The molecular formula is C13H20N2O. The number of rotatable bonds is 3. The van der Waals surface area contributed by atoms with Gasteiger partial charge < -0.3 is 10.5 Å². The van der Waals surface area contributed by atoms with E-state index >= 15 is 0 Å². The smallest absolute Gasteiger partial charge is 0.124 e. The average molecular weight is 220 g/mol. The first kappa shape index (κ1) is 11.4. The van der Waals surface area contributed by atoms with Crippen molar-refractivity contribution in [2.75, 3.05) is 20.1 Å². The van der Waals surface area contributed by atoms with E-state index in [0.717, 1.165) is 24.4 Å². The van der Waals surface area contributed by atoms with Gasteiger partial charge in [-0.25, -0.2) is 0 Å². The van der Waals surface area contributed by atoms with Gasteiger partial charge in [0.15, 0.2) is 0 Å². The van der Waals surface area contributed by atoms with Gasteiger partial charge in [0.1, 0.15) is 11.9 Å². The highest BCUT2D eigenvalue weighted by atomic mass is 16.5. The molecule has 2 rings (SSSR count). The Morgan fingerprint density at radius 1 is 1.25 bits per heavy atom. The summed E-state index contributed by atoms with van der Waals surface area (Å²) in [6.45, 7) is 6.04. The number of ether oxygens (including phenoxy) is 1. The normalized spacial score (nSPS) is 18.2. The average Bonchev–Trinajstić information content (AvgIpc) is 2.15. The maximum absolute atomic E-state index is 6.02. The van der Waals surface area contributed by atoms with Crippen LogP contribution in [0.2, 0.25) is 0 Å². The van der Waals surface area contributed by atoms with Crippen molar-refractivity contribution in [1.29, 1.82) is 0 Å². The molecule has 0 saturated carbocycles. The second kappa shape index (κ2) is 4.07. The van der Waals surface area contributed by atoms with Crippen molar-refractivity contribution < 1.29 is 4.74 Å². The molecule has 0 aromatic heterocycles. The lowest BCUT2D eigenvalue weighted by Gasteiger charge is -2.36. The van der Waals surface area contributed by atoms with Crippen LogP contribution in [0.5, 0.6) is 5.75 Å². The summed E-state index contributed by atoms with van der Waals surface area (Å²) in [7, 11) is 2.10. The van der Waals surface area contributed by atoms with E-state index in [2.05, 4.69) is 11.9 Å². The zero-order valence-corrected chi connectivity index (χ0v) is 10.2. The van der Waals surface area contributed by atoms with Crippen LogP contribution in [-0.2, 0) is 5.54 Å². The topological polar surface area (TPSA) is 38.5 Å². The van der Waals surface area contributed by atoms with E-state index in [0.29, 0.717) is 6.10 Å². The second-order valence-corrected chi connectivity index (χ2v) is 5.21. The lowest BCUT2D eigenvalue weighted by Crippen LogP contribution is -2.51. The molecule has 0 spiro atoms. The molecular weight excluding hydrogens is 200 g/mol. The number of hydrogen-bond donors (Lipinski definition) is 1. The van der Waals surface area contributed by atoms with E-state index in [1.807, 2.05) is 38.1 Å². The van der Waals surface area contributed by atoms with E-state index in [1.54, 1.807) is 0 Å². The SMILES string of the molecule is CN1CC(Oc2ccc(C(C)(C)N)cc2)C1. The van der Waals surface area contributed by atoms with E-state index in [-0.39, 0.29) is 5.54 Å². The van der Waals surface area contributed by atoms with Gasteiger partial charge in [0.05, 0.1) is 0 Å². The van der Waals surface area contributed by atoms with Crippen molar-refractivity contribution >= 4 is 0 Å². The van der Waals surface area contributed by atoms with Crippen LogP contribution < -0.4 is 10.5 Å². The van der Waals surface area contributed by atoms with Crippen LogP contribution in [0.25, 0.3) is 0 Å². The van der Waals surface area contributed by atoms with Crippen molar-refractivity contribution in [2.24, 2.45) is 5.73 Å². The molecule has 0 unspecified atom stereocenters. The second-order valence-electron chi connectivity index (χ2n) is 5.21. The summed E-state index contributed by atoms with van der Waals surface area (Å²) in [5.74, 6) is 0.936. The monoisotopic (exact) mass is 220 g/mol. The third-order valence-electron chi connectivity index (χ3n) is 2.93. The molecule has 0 radical (unpaired) electrons. The number of benzene rings is 1. The number of nitrogens with two attached hydrogens (primary N) is 1. The first-order valence-corrected chi connectivity index (χ1v) is 5.70. The molecule has 1 saturated heterocycles. The van der Waals surface area contributed by atoms with Crippen LogP contribution >= 0.6 is 0 Å². The Hall–Kier alpha value is -1.06. The molecule has 1 fully saturated rings. The predicted molar refractivity (Wildman–Crippen MR) is 65.6 cm³/mol. The molecule has 0 bridgehead atoms. The lowest BCUT2D eigenvalue weighted by molar-refractivity contribution is 0.0388. The van der Waals surface area contributed by atoms with Crippen LogP contribution in [0.4, 0.5) is 0 Å². The van der Waals surface area contributed by atoms with Gasteiger partial charge >= 0.3 is 0 Å². The van der Waals surface area contributed by atoms with Crippen LogP contribution in [0.3, 0.4) is 0 Å². The van der Waals surface area contributed by atoms with Gasteiger partial charge in [0.25, 0.3) is 0 Å². The molecule has 2 N–H and O–H groups in total. The molecule has 16 heavy (non-hydrogen) atoms. The van der Waals surface area contributed by atoms with Crippen molar-refractivity contribution in [2.45, 2.75) is 25.5 Å². The Kier molecular flexibility index (Phi) is 2.91. The first-order valence-electron chi connectivity index (χ1n) is 5.70. The Bertz CT molecular complexity index is 347. The highest BCUT2D eigenvalue weighted by Gasteiger charge is 2.24. The van der Waals surface area contributed by atoms with E-state index in [9.17, 15) is 0 Å². The third kappa shape index (κ3) is 2.54. The minimum atomic E-state index is -0.283. The molecule has 1 aromatic carbocycles. The summed E-state index contributed by atoms with van der Waals surface area (Å²) in [6, 6.07) is 8.08. The Labute approximate surface area is 97.2 Å². The molecule has 0 aliphatic carbocycles. The van der Waals surface area contributed by atoms with Crippen molar-refractivity contribution in [3.8, 4) is 5.75 Å². The summed E-state index contributed by atoms with van der Waals surface area (Å²) < 4.78 is 5.81.